The van der Waals surface area contributed by atoms with Crippen molar-refractivity contribution in [1.29, 1.82) is 0 Å². The van der Waals surface area contributed by atoms with Crippen molar-refractivity contribution in [2.45, 2.75) is 44.1 Å². The van der Waals surface area contributed by atoms with E-state index in [0.717, 1.165) is 48.8 Å². The minimum atomic E-state index is -0.149. The summed E-state index contributed by atoms with van der Waals surface area (Å²) in [6.45, 7) is 0.694. The number of pyridine rings is 1. The van der Waals surface area contributed by atoms with Gasteiger partial charge in [-0.3, -0.25) is 4.79 Å². The first-order valence-corrected chi connectivity index (χ1v) is 9.30. The first-order chi connectivity index (χ1) is 12.8. The molecule has 6 heteroatoms. The van der Waals surface area contributed by atoms with Gasteiger partial charge in [-0.05, 0) is 44.2 Å². The maximum atomic E-state index is 13.2. The summed E-state index contributed by atoms with van der Waals surface area (Å²) in [5, 5.41) is 5.15. The Morgan fingerprint density at radius 3 is 2.81 bits per heavy atom. The molecule has 1 aromatic carbocycles. The summed E-state index contributed by atoms with van der Waals surface area (Å²) in [6, 6.07) is 11.4. The van der Waals surface area contributed by atoms with Crippen LogP contribution in [0.25, 0.3) is 10.9 Å². The van der Waals surface area contributed by atoms with Gasteiger partial charge in [0.25, 0.3) is 5.91 Å². The number of carbonyl (C=O) groups is 1. The minimum Gasteiger partial charge on any atom is -0.337 e. The number of rotatable bonds is 3. The molecule has 1 atom stereocenters. The number of likely N-dealkylation sites (tertiary alicyclic amines) is 1. The SMILES string of the molecule is O=C(c1ccc2ccccc2n1)N1CCCC[C@H]1c1nc(C2CC2)no1. The highest BCUT2D eigenvalue weighted by atomic mass is 16.5. The van der Waals surface area contributed by atoms with Crippen molar-refractivity contribution >= 4 is 16.8 Å². The fourth-order valence-electron chi connectivity index (χ4n) is 3.65. The molecule has 0 radical (unpaired) electrons. The minimum absolute atomic E-state index is 0.0633. The van der Waals surface area contributed by atoms with E-state index < -0.39 is 0 Å². The van der Waals surface area contributed by atoms with Gasteiger partial charge in [-0.1, -0.05) is 29.4 Å². The normalized spacial score (nSPS) is 20.5. The van der Waals surface area contributed by atoms with E-state index >= 15 is 0 Å². The topological polar surface area (TPSA) is 72.1 Å². The molecular formula is C20H20N4O2. The Morgan fingerprint density at radius 2 is 1.92 bits per heavy atom. The van der Waals surface area contributed by atoms with Crippen LogP contribution in [0.4, 0.5) is 0 Å². The number of fused-ring (bicyclic) bond motifs is 1. The van der Waals surface area contributed by atoms with Gasteiger partial charge < -0.3 is 9.42 Å². The number of benzene rings is 1. The summed E-state index contributed by atoms with van der Waals surface area (Å²) in [7, 11) is 0. The number of carbonyl (C=O) groups excluding carboxylic acids is 1. The fourth-order valence-corrected chi connectivity index (χ4v) is 3.65. The lowest BCUT2D eigenvalue weighted by Gasteiger charge is -2.33. The molecule has 2 fully saturated rings. The number of hydrogen-bond acceptors (Lipinski definition) is 5. The van der Waals surface area contributed by atoms with Gasteiger partial charge in [0.1, 0.15) is 11.7 Å². The molecule has 1 amide bonds. The molecule has 2 aliphatic rings. The Labute approximate surface area is 151 Å². The first-order valence-electron chi connectivity index (χ1n) is 9.30. The lowest BCUT2D eigenvalue weighted by molar-refractivity contribution is 0.0556. The number of nitrogens with zero attached hydrogens (tertiary/aromatic N) is 4. The van der Waals surface area contributed by atoms with Gasteiger partial charge in [0, 0.05) is 17.8 Å². The lowest BCUT2D eigenvalue weighted by atomic mass is 10.0. The maximum absolute atomic E-state index is 13.2. The first kappa shape index (κ1) is 15.5. The molecule has 3 aromatic rings. The summed E-state index contributed by atoms with van der Waals surface area (Å²) in [6.07, 6.45) is 5.16. The molecule has 1 saturated carbocycles. The number of aromatic nitrogens is 3. The lowest BCUT2D eigenvalue weighted by Crippen LogP contribution is -2.39. The molecule has 5 rings (SSSR count). The van der Waals surface area contributed by atoms with Crippen LogP contribution in [0.2, 0.25) is 0 Å². The molecule has 1 aliphatic heterocycles. The van der Waals surface area contributed by atoms with E-state index in [1.54, 1.807) is 6.07 Å². The Hall–Kier alpha value is -2.76. The predicted octanol–water partition coefficient (Wildman–Crippen LogP) is 3.86. The van der Waals surface area contributed by atoms with Crippen LogP contribution in [-0.4, -0.2) is 32.5 Å². The van der Waals surface area contributed by atoms with Crippen molar-refractivity contribution in [3.05, 3.63) is 53.8 Å². The summed E-state index contributed by atoms with van der Waals surface area (Å²) in [4.78, 5) is 24.1. The van der Waals surface area contributed by atoms with Crippen molar-refractivity contribution in [3.8, 4) is 0 Å². The fraction of sp³-hybridized carbons (Fsp3) is 0.400. The molecule has 1 saturated heterocycles. The number of para-hydroxylation sites is 1. The molecule has 0 bridgehead atoms. The molecule has 6 nitrogen and oxygen atoms in total. The monoisotopic (exact) mass is 348 g/mol. The van der Waals surface area contributed by atoms with Crippen LogP contribution < -0.4 is 0 Å². The van der Waals surface area contributed by atoms with Gasteiger partial charge in [-0.2, -0.15) is 4.98 Å². The Kier molecular flexibility index (Phi) is 3.69. The summed E-state index contributed by atoms with van der Waals surface area (Å²) in [5.74, 6) is 1.75. The second-order valence-electron chi connectivity index (χ2n) is 7.16. The van der Waals surface area contributed by atoms with E-state index in [0.29, 0.717) is 24.0 Å². The summed E-state index contributed by atoms with van der Waals surface area (Å²) >= 11 is 0. The van der Waals surface area contributed by atoms with Crippen LogP contribution >= 0.6 is 0 Å². The van der Waals surface area contributed by atoms with Crippen LogP contribution in [0, 0.1) is 0 Å². The van der Waals surface area contributed by atoms with E-state index in [-0.39, 0.29) is 11.9 Å². The number of piperidine rings is 1. The Morgan fingerprint density at radius 1 is 1.04 bits per heavy atom. The highest BCUT2D eigenvalue weighted by Gasteiger charge is 2.35. The van der Waals surface area contributed by atoms with Crippen molar-refractivity contribution in [1.82, 2.24) is 20.0 Å². The molecule has 0 N–H and O–H groups in total. The van der Waals surface area contributed by atoms with E-state index in [1.165, 1.54) is 0 Å². The van der Waals surface area contributed by atoms with Gasteiger partial charge in [0.05, 0.1) is 5.52 Å². The van der Waals surface area contributed by atoms with Gasteiger partial charge in [0.2, 0.25) is 5.89 Å². The standard InChI is InChI=1S/C20H20N4O2/c25-20(16-11-10-13-5-1-2-6-15(13)21-16)24-12-4-3-7-17(24)19-22-18(23-26-19)14-8-9-14/h1-2,5-6,10-11,14,17H,3-4,7-9,12H2/t17-/m0/s1. The Balaban J connectivity index is 1.45. The summed E-state index contributed by atoms with van der Waals surface area (Å²) in [5.41, 5.74) is 1.30. The van der Waals surface area contributed by atoms with E-state index in [1.807, 2.05) is 35.2 Å². The summed E-state index contributed by atoms with van der Waals surface area (Å²) < 4.78 is 5.52. The number of amides is 1. The van der Waals surface area contributed by atoms with Gasteiger partial charge in [-0.25, -0.2) is 4.98 Å². The van der Waals surface area contributed by atoms with Crippen molar-refractivity contribution < 1.29 is 9.32 Å². The molecule has 132 valence electrons. The Bertz CT molecular complexity index is 963. The van der Waals surface area contributed by atoms with Crippen LogP contribution in [0.3, 0.4) is 0 Å². The van der Waals surface area contributed by atoms with Gasteiger partial charge in [0.15, 0.2) is 5.82 Å². The van der Waals surface area contributed by atoms with Crippen molar-refractivity contribution in [2.24, 2.45) is 0 Å². The second kappa shape index (κ2) is 6.20. The molecule has 3 heterocycles. The highest BCUT2D eigenvalue weighted by molar-refractivity contribution is 5.95. The molecule has 1 aliphatic carbocycles. The van der Waals surface area contributed by atoms with Crippen LogP contribution in [0.1, 0.15) is 66.3 Å². The third-order valence-electron chi connectivity index (χ3n) is 5.27. The van der Waals surface area contributed by atoms with Crippen molar-refractivity contribution in [2.75, 3.05) is 6.54 Å². The average molecular weight is 348 g/mol. The zero-order chi connectivity index (χ0) is 17.5. The van der Waals surface area contributed by atoms with E-state index in [4.69, 9.17) is 4.52 Å². The third kappa shape index (κ3) is 2.75. The van der Waals surface area contributed by atoms with Crippen molar-refractivity contribution in [3.63, 3.8) is 0 Å². The van der Waals surface area contributed by atoms with E-state index in [9.17, 15) is 4.79 Å². The quantitative estimate of drug-likeness (QED) is 0.718. The average Bonchev–Trinajstić information content (AvgIpc) is 3.44. The molecule has 26 heavy (non-hydrogen) atoms. The van der Waals surface area contributed by atoms with Gasteiger partial charge >= 0.3 is 0 Å². The third-order valence-corrected chi connectivity index (χ3v) is 5.27. The molecule has 0 unspecified atom stereocenters. The predicted molar refractivity (Wildman–Crippen MR) is 95.6 cm³/mol. The van der Waals surface area contributed by atoms with Crippen LogP contribution in [-0.2, 0) is 0 Å². The zero-order valence-electron chi connectivity index (χ0n) is 14.5. The second-order valence-corrected chi connectivity index (χ2v) is 7.16. The highest BCUT2D eigenvalue weighted by Crippen LogP contribution is 2.39. The largest absolute Gasteiger partial charge is 0.337 e. The molecule has 2 aromatic heterocycles. The molecule has 0 spiro atoms. The maximum Gasteiger partial charge on any atom is 0.273 e. The zero-order valence-corrected chi connectivity index (χ0v) is 14.5. The van der Waals surface area contributed by atoms with E-state index in [2.05, 4.69) is 15.1 Å². The molecular weight excluding hydrogens is 328 g/mol. The van der Waals surface area contributed by atoms with Crippen LogP contribution in [0.5, 0.6) is 0 Å². The van der Waals surface area contributed by atoms with Crippen LogP contribution in [0.15, 0.2) is 40.9 Å². The number of hydrogen-bond donors (Lipinski definition) is 0. The smallest absolute Gasteiger partial charge is 0.273 e. The van der Waals surface area contributed by atoms with Gasteiger partial charge in [-0.15, -0.1) is 0 Å².